The number of hydrogen-bond acceptors (Lipinski definition) is 7. The number of nitrogens with zero attached hydrogens (tertiary/aromatic N) is 3. The molecule has 3 fully saturated rings. The van der Waals surface area contributed by atoms with E-state index in [1.54, 1.807) is 11.6 Å². The number of fused-ring (bicyclic) bond motifs is 5. The van der Waals surface area contributed by atoms with E-state index in [0.29, 0.717) is 28.1 Å². The first-order chi connectivity index (χ1) is 14.2. The van der Waals surface area contributed by atoms with Gasteiger partial charge in [-0.05, 0) is 49.9 Å². The molecule has 3 aromatic rings. The number of benzene rings is 1. The van der Waals surface area contributed by atoms with Gasteiger partial charge in [-0.15, -0.1) is 11.3 Å². The van der Waals surface area contributed by atoms with Gasteiger partial charge in [0, 0.05) is 30.7 Å². The highest BCUT2D eigenvalue weighted by Crippen LogP contribution is 2.43. The molecule has 1 aromatic carbocycles. The number of anilines is 1. The van der Waals surface area contributed by atoms with Crippen molar-refractivity contribution in [1.82, 2.24) is 15.3 Å². The fourth-order valence-electron chi connectivity index (χ4n) is 4.27. The van der Waals surface area contributed by atoms with E-state index in [0.717, 1.165) is 39.4 Å². The second kappa shape index (κ2) is 6.93. The van der Waals surface area contributed by atoms with E-state index in [9.17, 15) is 18.3 Å². The van der Waals surface area contributed by atoms with Crippen molar-refractivity contribution in [3.63, 3.8) is 0 Å². The molecule has 3 atom stereocenters. The minimum atomic E-state index is -4.83. The molecule has 30 heavy (non-hydrogen) atoms. The fraction of sp³-hybridized carbons (Fsp3) is 0.500. The lowest BCUT2D eigenvalue weighted by atomic mass is 9.93. The van der Waals surface area contributed by atoms with Crippen molar-refractivity contribution in [2.24, 2.45) is 5.92 Å². The molecule has 0 radical (unpaired) electrons. The highest BCUT2D eigenvalue weighted by molar-refractivity contribution is 7.13. The highest BCUT2D eigenvalue weighted by atomic mass is 32.1. The lowest BCUT2D eigenvalue weighted by molar-refractivity contribution is -0.258. The molecule has 160 valence electrons. The Morgan fingerprint density at radius 1 is 1.27 bits per heavy atom. The third-order valence-corrected chi connectivity index (χ3v) is 6.92. The molecule has 3 aliphatic heterocycles. The summed E-state index contributed by atoms with van der Waals surface area (Å²) in [6.07, 6.45) is -1.10. The lowest BCUT2D eigenvalue weighted by Crippen LogP contribution is -2.43. The molecule has 3 unspecified atom stereocenters. The molecule has 3 saturated heterocycles. The minimum absolute atomic E-state index is 0.234. The van der Waals surface area contributed by atoms with Crippen LogP contribution in [0.3, 0.4) is 0 Å². The molecule has 2 aromatic heterocycles. The van der Waals surface area contributed by atoms with Crippen molar-refractivity contribution >= 4 is 28.5 Å². The van der Waals surface area contributed by atoms with Crippen LogP contribution in [-0.4, -0.2) is 46.9 Å². The van der Waals surface area contributed by atoms with Gasteiger partial charge in [0.05, 0.1) is 5.56 Å². The topological polar surface area (TPSA) is 74.4 Å². The first-order valence-corrected chi connectivity index (χ1v) is 10.7. The maximum Gasteiger partial charge on any atom is 0.421 e. The highest BCUT2D eigenvalue weighted by Gasteiger charge is 2.51. The van der Waals surface area contributed by atoms with Crippen LogP contribution in [0, 0.1) is 5.92 Å². The van der Waals surface area contributed by atoms with Crippen LogP contribution in [0.15, 0.2) is 28.1 Å². The summed E-state index contributed by atoms with van der Waals surface area (Å²) in [5.41, 5.74) is -2.23. The van der Waals surface area contributed by atoms with Crippen molar-refractivity contribution in [2.45, 2.75) is 37.6 Å². The van der Waals surface area contributed by atoms with Gasteiger partial charge in [-0.25, -0.2) is 4.98 Å². The zero-order valence-electron chi connectivity index (χ0n) is 16.2. The smallest absolute Gasteiger partial charge is 0.421 e. The van der Waals surface area contributed by atoms with Crippen LogP contribution in [0.5, 0.6) is 0 Å². The van der Waals surface area contributed by atoms with Crippen LogP contribution >= 0.6 is 11.3 Å². The summed E-state index contributed by atoms with van der Waals surface area (Å²) >= 11 is 1.29. The fourth-order valence-corrected chi connectivity index (χ4v) is 4.92. The Kier molecular flexibility index (Phi) is 4.57. The number of rotatable bonds is 3. The van der Waals surface area contributed by atoms with E-state index >= 15 is 0 Å². The average molecular weight is 438 g/mol. The van der Waals surface area contributed by atoms with Crippen LogP contribution < -0.4 is 10.2 Å². The number of oxazole rings is 1. The van der Waals surface area contributed by atoms with E-state index < -0.39 is 11.8 Å². The van der Waals surface area contributed by atoms with Gasteiger partial charge in [0.2, 0.25) is 0 Å². The number of piperidine rings is 1. The van der Waals surface area contributed by atoms with E-state index in [4.69, 9.17) is 4.42 Å². The van der Waals surface area contributed by atoms with Crippen molar-refractivity contribution in [3.8, 4) is 10.6 Å². The third-order valence-electron chi connectivity index (χ3n) is 6.12. The zero-order valence-corrected chi connectivity index (χ0v) is 17.1. The predicted molar refractivity (Wildman–Crippen MR) is 107 cm³/mol. The van der Waals surface area contributed by atoms with Crippen molar-refractivity contribution in [2.75, 3.05) is 24.5 Å². The second-order valence-electron chi connectivity index (χ2n) is 8.18. The summed E-state index contributed by atoms with van der Waals surface area (Å²) in [6.45, 7) is 3.31. The summed E-state index contributed by atoms with van der Waals surface area (Å²) in [6, 6.07) is 3.21. The molecule has 6 rings (SSSR count). The molecular weight excluding hydrogens is 417 g/mol. The van der Waals surface area contributed by atoms with Gasteiger partial charge in [-0.1, -0.05) is 0 Å². The Morgan fingerprint density at radius 3 is 2.83 bits per heavy atom. The van der Waals surface area contributed by atoms with Crippen LogP contribution in [-0.2, 0) is 5.60 Å². The Balaban J connectivity index is 1.66. The van der Waals surface area contributed by atoms with E-state index in [2.05, 4.69) is 20.2 Å². The predicted octanol–water partition coefficient (Wildman–Crippen LogP) is 3.91. The van der Waals surface area contributed by atoms with Crippen LogP contribution in [0.25, 0.3) is 21.7 Å². The standard InChI is InChI=1S/C20H21F3N4O2S/c1-19(28,20(21,22)23)12-6-14(17-25-4-5-30-17)16-15(7-12)26-18(29-16)27-10-11-2-3-13(27)9-24-8-11/h4-7,11,13,24,28H,2-3,8-10H2,1H3. The van der Waals surface area contributed by atoms with E-state index in [1.807, 2.05) is 0 Å². The first kappa shape index (κ1) is 19.8. The Morgan fingerprint density at radius 2 is 2.10 bits per heavy atom. The number of nitrogens with one attached hydrogen (secondary N) is 1. The van der Waals surface area contributed by atoms with Crippen LogP contribution in [0.4, 0.5) is 19.2 Å². The Labute approximate surface area is 174 Å². The molecule has 2 bridgehead atoms. The first-order valence-electron chi connectivity index (χ1n) is 9.85. The molecule has 6 nitrogen and oxygen atoms in total. The van der Waals surface area contributed by atoms with Crippen LogP contribution in [0.1, 0.15) is 25.3 Å². The summed E-state index contributed by atoms with van der Waals surface area (Å²) in [4.78, 5) is 10.9. The molecule has 3 aliphatic rings. The molecule has 0 spiro atoms. The van der Waals surface area contributed by atoms with E-state index in [-0.39, 0.29) is 17.1 Å². The van der Waals surface area contributed by atoms with Gasteiger partial charge in [-0.3, -0.25) is 0 Å². The van der Waals surface area contributed by atoms with Crippen molar-refractivity contribution in [3.05, 3.63) is 29.3 Å². The Hall–Kier alpha value is -2.17. The normalized spacial score (nSPS) is 24.2. The monoisotopic (exact) mass is 438 g/mol. The minimum Gasteiger partial charge on any atom is -0.423 e. The number of aliphatic hydroxyl groups is 1. The van der Waals surface area contributed by atoms with Gasteiger partial charge in [0.25, 0.3) is 6.01 Å². The second-order valence-corrected chi connectivity index (χ2v) is 9.08. The third kappa shape index (κ3) is 3.17. The van der Waals surface area contributed by atoms with Gasteiger partial charge < -0.3 is 19.7 Å². The Bertz CT molecular complexity index is 1060. The molecular formula is C20H21F3N4O2S. The summed E-state index contributed by atoms with van der Waals surface area (Å²) in [5.74, 6) is 0.485. The summed E-state index contributed by atoms with van der Waals surface area (Å²) in [7, 11) is 0. The van der Waals surface area contributed by atoms with Gasteiger partial charge >= 0.3 is 6.18 Å². The number of aromatic nitrogens is 2. The molecule has 2 N–H and O–H groups in total. The number of thiazole rings is 1. The maximum atomic E-state index is 13.5. The molecule has 0 saturated carbocycles. The van der Waals surface area contributed by atoms with Gasteiger partial charge in [0.1, 0.15) is 10.5 Å². The maximum absolute atomic E-state index is 13.5. The quantitative estimate of drug-likeness (QED) is 0.646. The lowest BCUT2D eigenvalue weighted by Gasteiger charge is -2.34. The molecule has 5 heterocycles. The number of alkyl halides is 3. The van der Waals surface area contributed by atoms with E-state index in [1.165, 1.54) is 23.5 Å². The largest absolute Gasteiger partial charge is 0.423 e. The number of halogens is 3. The molecule has 0 aliphatic carbocycles. The van der Waals surface area contributed by atoms with Gasteiger partial charge in [0.15, 0.2) is 11.2 Å². The molecule has 10 heteroatoms. The average Bonchev–Trinajstić information content (AvgIpc) is 3.27. The van der Waals surface area contributed by atoms with Crippen molar-refractivity contribution < 1.29 is 22.7 Å². The molecule has 0 amide bonds. The SMILES string of the molecule is CC(O)(c1cc(-c2nccs2)c2oc(N3CC4CCC3CNC4)nc2c1)C(F)(F)F. The van der Waals surface area contributed by atoms with Crippen LogP contribution in [0.2, 0.25) is 0 Å². The van der Waals surface area contributed by atoms with Gasteiger partial charge in [-0.2, -0.15) is 18.2 Å². The zero-order chi connectivity index (χ0) is 21.1. The van der Waals surface area contributed by atoms with Crippen molar-refractivity contribution in [1.29, 1.82) is 0 Å². The summed E-state index contributed by atoms with van der Waals surface area (Å²) < 4.78 is 46.7. The number of hydrogen-bond donors (Lipinski definition) is 2. The summed E-state index contributed by atoms with van der Waals surface area (Å²) in [5, 5.41) is 16.0.